The summed E-state index contributed by atoms with van der Waals surface area (Å²) in [6.45, 7) is 2.74. The second kappa shape index (κ2) is 8.65. The third-order valence-corrected chi connectivity index (χ3v) is 5.63. The third-order valence-electron chi connectivity index (χ3n) is 5.14. The molecule has 1 saturated heterocycles. The van der Waals surface area contributed by atoms with Crippen LogP contribution in [0.1, 0.15) is 6.42 Å². The molecule has 0 radical (unpaired) electrons. The molecule has 1 aliphatic heterocycles. The van der Waals surface area contributed by atoms with Crippen LogP contribution in [0.25, 0.3) is 10.8 Å². The highest BCUT2D eigenvalue weighted by molar-refractivity contribution is 9.10. The Morgan fingerprint density at radius 3 is 2.71 bits per heavy atom. The van der Waals surface area contributed by atoms with Crippen molar-refractivity contribution in [2.45, 2.75) is 6.42 Å². The first-order chi connectivity index (χ1) is 13.7. The molecule has 1 fully saturated rings. The molecule has 144 valence electrons. The SMILES string of the molecule is O=C(COc1ccc2cc(Br)ccc2c1)NCC1CCN(c2ccccc2)C1. The molecule has 1 heterocycles. The van der Waals surface area contributed by atoms with Crippen LogP contribution >= 0.6 is 15.9 Å². The van der Waals surface area contributed by atoms with E-state index in [0.29, 0.717) is 18.2 Å². The Morgan fingerprint density at radius 1 is 1.07 bits per heavy atom. The van der Waals surface area contributed by atoms with Gasteiger partial charge in [0.15, 0.2) is 6.61 Å². The van der Waals surface area contributed by atoms with E-state index in [1.807, 2.05) is 36.4 Å². The van der Waals surface area contributed by atoms with Crippen LogP contribution in [0, 0.1) is 5.92 Å². The van der Waals surface area contributed by atoms with Crippen molar-refractivity contribution < 1.29 is 9.53 Å². The number of hydrogen-bond acceptors (Lipinski definition) is 3. The predicted octanol–water partition coefficient (Wildman–Crippen LogP) is 4.62. The smallest absolute Gasteiger partial charge is 0.257 e. The number of nitrogens with zero attached hydrogens (tertiary/aromatic N) is 1. The number of ether oxygens (including phenoxy) is 1. The Hall–Kier alpha value is -2.53. The molecule has 1 unspecified atom stereocenters. The highest BCUT2D eigenvalue weighted by Crippen LogP contribution is 2.24. The van der Waals surface area contributed by atoms with Gasteiger partial charge in [0.2, 0.25) is 0 Å². The number of fused-ring (bicyclic) bond motifs is 1. The summed E-state index contributed by atoms with van der Waals surface area (Å²) in [5.41, 5.74) is 1.25. The zero-order valence-electron chi connectivity index (χ0n) is 15.6. The lowest BCUT2D eigenvalue weighted by Crippen LogP contribution is -2.34. The third kappa shape index (κ3) is 4.65. The van der Waals surface area contributed by atoms with Gasteiger partial charge in [-0.05, 0) is 59.5 Å². The molecular formula is C23H23BrN2O2. The molecule has 28 heavy (non-hydrogen) atoms. The van der Waals surface area contributed by atoms with Crippen LogP contribution < -0.4 is 15.0 Å². The molecule has 3 aromatic rings. The predicted molar refractivity (Wildman–Crippen MR) is 117 cm³/mol. The van der Waals surface area contributed by atoms with E-state index in [9.17, 15) is 4.79 Å². The number of benzene rings is 3. The monoisotopic (exact) mass is 438 g/mol. The molecular weight excluding hydrogens is 416 g/mol. The van der Waals surface area contributed by atoms with Gasteiger partial charge in [-0.25, -0.2) is 0 Å². The van der Waals surface area contributed by atoms with Crippen molar-refractivity contribution in [2.24, 2.45) is 5.92 Å². The molecule has 1 N–H and O–H groups in total. The van der Waals surface area contributed by atoms with Gasteiger partial charge in [0, 0.05) is 29.8 Å². The summed E-state index contributed by atoms with van der Waals surface area (Å²) in [6, 6.07) is 22.4. The molecule has 1 aliphatic rings. The minimum absolute atomic E-state index is 0.0388. The summed E-state index contributed by atoms with van der Waals surface area (Å²) in [6.07, 6.45) is 1.09. The highest BCUT2D eigenvalue weighted by Gasteiger charge is 2.22. The second-order valence-electron chi connectivity index (χ2n) is 7.18. The van der Waals surface area contributed by atoms with Crippen LogP contribution in [0.5, 0.6) is 5.75 Å². The fourth-order valence-corrected chi connectivity index (χ4v) is 3.99. The van der Waals surface area contributed by atoms with Gasteiger partial charge in [0.1, 0.15) is 5.75 Å². The van der Waals surface area contributed by atoms with E-state index in [0.717, 1.165) is 34.8 Å². The van der Waals surface area contributed by atoms with Crippen LogP contribution in [0.3, 0.4) is 0 Å². The number of amides is 1. The fraction of sp³-hybridized carbons (Fsp3) is 0.261. The van der Waals surface area contributed by atoms with E-state index < -0.39 is 0 Å². The first kappa shape index (κ1) is 18.8. The molecule has 3 aromatic carbocycles. The largest absolute Gasteiger partial charge is 0.484 e. The van der Waals surface area contributed by atoms with Crippen LogP contribution in [-0.2, 0) is 4.79 Å². The second-order valence-corrected chi connectivity index (χ2v) is 8.10. The quantitative estimate of drug-likeness (QED) is 0.610. The number of rotatable bonds is 6. The summed E-state index contributed by atoms with van der Waals surface area (Å²) >= 11 is 3.48. The van der Waals surface area contributed by atoms with Crippen molar-refractivity contribution in [3.8, 4) is 5.75 Å². The number of anilines is 1. The van der Waals surface area contributed by atoms with E-state index >= 15 is 0 Å². The minimum Gasteiger partial charge on any atom is -0.484 e. The first-order valence-electron chi connectivity index (χ1n) is 9.56. The molecule has 0 aliphatic carbocycles. The molecule has 5 heteroatoms. The number of carbonyl (C=O) groups is 1. The van der Waals surface area contributed by atoms with Gasteiger partial charge in [0.25, 0.3) is 5.91 Å². The van der Waals surface area contributed by atoms with Gasteiger partial charge in [-0.1, -0.05) is 46.3 Å². The maximum atomic E-state index is 12.2. The molecule has 0 spiro atoms. The highest BCUT2D eigenvalue weighted by atomic mass is 79.9. The van der Waals surface area contributed by atoms with Crippen molar-refractivity contribution in [2.75, 3.05) is 31.1 Å². The standard InChI is InChI=1S/C23H23BrN2O2/c24-20-8-6-19-13-22(9-7-18(19)12-20)28-16-23(27)25-14-17-10-11-26(15-17)21-4-2-1-3-5-21/h1-9,12-13,17H,10-11,14-16H2,(H,25,27). The van der Waals surface area contributed by atoms with Crippen molar-refractivity contribution in [1.82, 2.24) is 5.32 Å². The average Bonchev–Trinajstić information content (AvgIpc) is 3.20. The Balaban J connectivity index is 1.23. The van der Waals surface area contributed by atoms with E-state index in [2.05, 4.69) is 56.5 Å². The minimum atomic E-state index is -0.0749. The lowest BCUT2D eigenvalue weighted by Gasteiger charge is -2.18. The van der Waals surface area contributed by atoms with Gasteiger partial charge < -0.3 is 15.0 Å². The molecule has 0 saturated carbocycles. The zero-order chi connectivity index (χ0) is 19.3. The lowest BCUT2D eigenvalue weighted by atomic mass is 10.1. The van der Waals surface area contributed by atoms with Gasteiger partial charge in [0.05, 0.1) is 0 Å². The van der Waals surface area contributed by atoms with Gasteiger partial charge in [-0.2, -0.15) is 0 Å². The van der Waals surface area contributed by atoms with Crippen molar-refractivity contribution in [3.63, 3.8) is 0 Å². The fourth-order valence-electron chi connectivity index (χ4n) is 3.62. The zero-order valence-corrected chi connectivity index (χ0v) is 17.2. The Labute approximate surface area is 173 Å². The molecule has 4 nitrogen and oxygen atoms in total. The van der Waals surface area contributed by atoms with Gasteiger partial charge >= 0.3 is 0 Å². The van der Waals surface area contributed by atoms with E-state index in [1.54, 1.807) is 0 Å². The topological polar surface area (TPSA) is 41.6 Å². The first-order valence-corrected chi connectivity index (χ1v) is 10.4. The van der Waals surface area contributed by atoms with Crippen molar-refractivity contribution in [3.05, 3.63) is 71.2 Å². The Morgan fingerprint density at radius 2 is 1.86 bits per heavy atom. The molecule has 4 rings (SSSR count). The molecule has 1 atom stereocenters. The summed E-state index contributed by atoms with van der Waals surface area (Å²) in [5, 5.41) is 5.24. The van der Waals surface area contributed by atoms with Crippen LogP contribution in [0.4, 0.5) is 5.69 Å². The maximum absolute atomic E-state index is 12.2. The van der Waals surface area contributed by atoms with Crippen molar-refractivity contribution >= 4 is 38.3 Å². The summed E-state index contributed by atoms with van der Waals surface area (Å²) in [5.74, 6) is 1.11. The maximum Gasteiger partial charge on any atom is 0.257 e. The van der Waals surface area contributed by atoms with E-state index in [1.165, 1.54) is 5.69 Å². The average molecular weight is 439 g/mol. The molecule has 0 aromatic heterocycles. The van der Waals surface area contributed by atoms with Crippen LogP contribution in [0.2, 0.25) is 0 Å². The molecule has 0 bridgehead atoms. The summed E-state index contributed by atoms with van der Waals surface area (Å²) in [4.78, 5) is 14.6. The molecule has 1 amide bonds. The van der Waals surface area contributed by atoms with Crippen LogP contribution in [0.15, 0.2) is 71.2 Å². The Kier molecular flexibility index (Phi) is 5.81. The van der Waals surface area contributed by atoms with Gasteiger partial charge in [-0.15, -0.1) is 0 Å². The number of hydrogen-bond donors (Lipinski definition) is 1. The van der Waals surface area contributed by atoms with Crippen LogP contribution in [-0.4, -0.2) is 32.1 Å². The number of halogens is 1. The number of nitrogens with one attached hydrogen (secondary N) is 1. The Bertz CT molecular complexity index is 961. The van der Waals surface area contributed by atoms with Crippen molar-refractivity contribution in [1.29, 1.82) is 0 Å². The van der Waals surface area contributed by atoms with E-state index in [4.69, 9.17) is 4.74 Å². The van der Waals surface area contributed by atoms with E-state index in [-0.39, 0.29) is 12.5 Å². The number of carbonyl (C=O) groups excluding carboxylic acids is 1. The van der Waals surface area contributed by atoms with Gasteiger partial charge in [-0.3, -0.25) is 4.79 Å². The summed E-state index contributed by atoms with van der Waals surface area (Å²) < 4.78 is 6.72. The normalized spacial score (nSPS) is 16.3. The number of para-hydroxylation sites is 1. The lowest BCUT2D eigenvalue weighted by molar-refractivity contribution is -0.123. The summed E-state index contributed by atoms with van der Waals surface area (Å²) in [7, 11) is 0.